The van der Waals surface area contributed by atoms with Crippen LogP contribution in [0.3, 0.4) is 0 Å². The Morgan fingerprint density at radius 2 is 1.90 bits per heavy atom. The Labute approximate surface area is 172 Å². The average molecular weight is 418 g/mol. The van der Waals surface area contributed by atoms with Crippen molar-refractivity contribution < 1.29 is 22.4 Å². The lowest BCUT2D eigenvalue weighted by Gasteiger charge is -2.73. The van der Waals surface area contributed by atoms with Crippen LogP contribution < -0.4 is 5.32 Å². The van der Waals surface area contributed by atoms with Crippen molar-refractivity contribution in [3.8, 4) is 0 Å². The monoisotopic (exact) mass is 418 g/mol. The maximum absolute atomic E-state index is 14.4. The van der Waals surface area contributed by atoms with Gasteiger partial charge in [-0.25, -0.2) is 4.39 Å². The van der Waals surface area contributed by atoms with Gasteiger partial charge in [0, 0.05) is 17.1 Å². The Morgan fingerprint density at radius 1 is 1.17 bits per heavy atom. The minimum absolute atomic E-state index is 0.0913. The summed E-state index contributed by atoms with van der Waals surface area (Å²) in [5, 5.41) is 2.80. The van der Waals surface area contributed by atoms with E-state index in [1.165, 1.54) is 0 Å². The molecule has 0 aliphatic carbocycles. The number of amides is 1. The van der Waals surface area contributed by atoms with Gasteiger partial charge in [0.1, 0.15) is 5.82 Å². The lowest BCUT2D eigenvalue weighted by Crippen LogP contribution is -2.81. The molecule has 4 atom stereocenters. The number of benzene rings is 2. The summed E-state index contributed by atoms with van der Waals surface area (Å²) >= 11 is 0. The van der Waals surface area contributed by atoms with Crippen molar-refractivity contribution in [2.75, 3.05) is 0 Å². The zero-order valence-corrected chi connectivity index (χ0v) is 16.5. The standard InChI is InChI=1S/C23H22F4N2O/c1-21-12-15-10-11-22(13-21,29(15)21)19(14-6-3-2-4-7-14)28-20(30)18-16(23(25,26)27)8-5-9-17(18)24/h2-9,15,19H,10-13H2,1H3,(H,28,30). The number of carbonyl (C=O) groups excluding carboxylic acids is 1. The molecule has 3 fully saturated rings. The molecule has 0 aromatic heterocycles. The van der Waals surface area contributed by atoms with E-state index in [9.17, 15) is 22.4 Å². The van der Waals surface area contributed by atoms with Gasteiger partial charge < -0.3 is 5.32 Å². The second kappa shape index (κ2) is 6.30. The smallest absolute Gasteiger partial charge is 0.343 e. The lowest BCUT2D eigenvalue weighted by molar-refractivity contribution is -0.219. The van der Waals surface area contributed by atoms with Crippen molar-refractivity contribution in [1.82, 2.24) is 10.2 Å². The SMILES string of the molecule is CC12CC3CCC(C(NC(=O)c4c(F)cccc4C(F)(F)F)c4ccccc4)(C1)N32. The molecule has 3 saturated heterocycles. The number of halogens is 4. The summed E-state index contributed by atoms with van der Waals surface area (Å²) in [6, 6.07) is 11.8. The second-order valence-electron chi connectivity index (χ2n) is 9.02. The maximum atomic E-state index is 14.4. The minimum atomic E-state index is -4.82. The summed E-state index contributed by atoms with van der Waals surface area (Å²) in [7, 11) is 0. The number of hydrogen-bond acceptors (Lipinski definition) is 2. The molecule has 0 bridgehead atoms. The molecule has 30 heavy (non-hydrogen) atoms. The largest absolute Gasteiger partial charge is 0.417 e. The Kier molecular flexibility index (Phi) is 4.10. The molecule has 1 amide bonds. The van der Waals surface area contributed by atoms with E-state index in [2.05, 4.69) is 17.1 Å². The first kappa shape index (κ1) is 19.5. The fourth-order valence-electron chi connectivity index (χ4n) is 6.35. The molecule has 0 saturated carbocycles. The van der Waals surface area contributed by atoms with Crippen LogP contribution in [-0.4, -0.2) is 27.9 Å². The fourth-order valence-corrected chi connectivity index (χ4v) is 6.35. The molecule has 2 aromatic rings. The van der Waals surface area contributed by atoms with E-state index in [-0.39, 0.29) is 11.1 Å². The van der Waals surface area contributed by atoms with Gasteiger partial charge in [-0.1, -0.05) is 36.4 Å². The molecule has 3 aliphatic heterocycles. The Bertz CT molecular complexity index is 1010. The van der Waals surface area contributed by atoms with E-state index in [0.717, 1.165) is 49.4 Å². The lowest BCUT2D eigenvalue weighted by atomic mass is 9.59. The van der Waals surface area contributed by atoms with E-state index in [1.807, 2.05) is 30.3 Å². The molecule has 2 aromatic carbocycles. The highest BCUT2D eigenvalue weighted by Gasteiger charge is 2.73. The Hall–Kier alpha value is -2.41. The van der Waals surface area contributed by atoms with Gasteiger partial charge in [-0.15, -0.1) is 0 Å². The van der Waals surface area contributed by atoms with Gasteiger partial charge in [-0.2, -0.15) is 13.2 Å². The van der Waals surface area contributed by atoms with Crippen molar-refractivity contribution in [1.29, 1.82) is 0 Å². The predicted molar refractivity (Wildman–Crippen MR) is 103 cm³/mol. The highest BCUT2D eigenvalue weighted by Crippen LogP contribution is 2.67. The second-order valence-corrected chi connectivity index (χ2v) is 9.02. The normalized spacial score (nSPS) is 30.8. The molecule has 0 spiro atoms. The van der Waals surface area contributed by atoms with Crippen LogP contribution in [0.2, 0.25) is 0 Å². The van der Waals surface area contributed by atoms with Gasteiger partial charge in [0.25, 0.3) is 5.91 Å². The highest BCUT2D eigenvalue weighted by molar-refractivity contribution is 5.96. The molecule has 5 rings (SSSR count). The van der Waals surface area contributed by atoms with Crippen LogP contribution in [-0.2, 0) is 6.18 Å². The van der Waals surface area contributed by atoms with Gasteiger partial charge in [-0.05, 0) is 50.3 Å². The molecular weight excluding hydrogens is 396 g/mol. The van der Waals surface area contributed by atoms with E-state index in [0.29, 0.717) is 6.04 Å². The first-order chi connectivity index (χ1) is 14.2. The minimum Gasteiger partial charge on any atom is -0.343 e. The molecular formula is C23H22F4N2O. The maximum Gasteiger partial charge on any atom is 0.417 e. The van der Waals surface area contributed by atoms with Crippen molar-refractivity contribution in [3.05, 3.63) is 71.0 Å². The number of nitrogens with one attached hydrogen (secondary N) is 1. The Morgan fingerprint density at radius 3 is 2.57 bits per heavy atom. The number of rotatable bonds is 4. The van der Waals surface area contributed by atoms with Crippen LogP contribution >= 0.6 is 0 Å². The number of hydrogen-bond donors (Lipinski definition) is 1. The molecule has 3 nitrogen and oxygen atoms in total. The average Bonchev–Trinajstić information content (AvgIpc) is 2.82. The van der Waals surface area contributed by atoms with Crippen LogP contribution in [0.5, 0.6) is 0 Å². The highest BCUT2D eigenvalue weighted by atomic mass is 19.4. The van der Waals surface area contributed by atoms with E-state index in [4.69, 9.17) is 0 Å². The third-order valence-electron chi connectivity index (χ3n) is 7.19. The quantitative estimate of drug-likeness (QED) is 0.702. The molecule has 3 heterocycles. The molecule has 4 unspecified atom stereocenters. The van der Waals surface area contributed by atoms with Crippen LogP contribution in [0.15, 0.2) is 48.5 Å². The first-order valence-electron chi connectivity index (χ1n) is 10.2. The van der Waals surface area contributed by atoms with E-state index >= 15 is 0 Å². The molecule has 0 radical (unpaired) electrons. The summed E-state index contributed by atoms with van der Waals surface area (Å²) in [5.74, 6) is -2.19. The number of piperidine rings is 1. The number of nitrogens with zero attached hydrogens (tertiary/aromatic N) is 1. The first-order valence-corrected chi connectivity index (χ1v) is 10.2. The molecule has 7 heteroatoms. The number of carbonyl (C=O) groups is 1. The summed E-state index contributed by atoms with van der Waals surface area (Å²) in [6.45, 7) is 2.19. The van der Waals surface area contributed by atoms with Crippen LogP contribution in [0.1, 0.15) is 60.1 Å². The summed E-state index contributed by atoms with van der Waals surface area (Å²) < 4.78 is 54.8. The third-order valence-corrected chi connectivity index (χ3v) is 7.19. The molecule has 158 valence electrons. The van der Waals surface area contributed by atoms with Crippen molar-refractivity contribution in [2.24, 2.45) is 0 Å². The van der Waals surface area contributed by atoms with Crippen LogP contribution in [0.4, 0.5) is 17.6 Å². The summed E-state index contributed by atoms with van der Waals surface area (Å²) in [4.78, 5) is 15.5. The van der Waals surface area contributed by atoms with E-state index in [1.54, 1.807) is 0 Å². The fraction of sp³-hybridized carbons (Fsp3) is 0.435. The van der Waals surface area contributed by atoms with Crippen molar-refractivity contribution in [2.45, 2.75) is 61.9 Å². The van der Waals surface area contributed by atoms with Gasteiger partial charge in [0.2, 0.25) is 0 Å². The van der Waals surface area contributed by atoms with Gasteiger partial charge in [0.05, 0.1) is 17.2 Å². The third kappa shape index (κ3) is 2.64. The van der Waals surface area contributed by atoms with Crippen LogP contribution in [0, 0.1) is 5.82 Å². The predicted octanol–water partition coefficient (Wildman–Crippen LogP) is 5.08. The summed E-state index contributed by atoms with van der Waals surface area (Å²) in [6.07, 6.45) is -0.992. The zero-order valence-electron chi connectivity index (χ0n) is 16.5. The summed E-state index contributed by atoms with van der Waals surface area (Å²) in [5.41, 5.74) is -1.62. The van der Waals surface area contributed by atoms with Crippen LogP contribution in [0.25, 0.3) is 0 Å². The van der Waals surface area contributed by atoms with Crippen molar-refractivity contribution >= 4 is 5.91 Å². The van der Waals surface area contributed by atoms with Crippen molar-refractivity contribution in [3.63, 3.8) is 0 Å². The zero-order chi connectivity index (χ0) is 21.3. The molecule has 1 N–H and O–H groups in total. The van der Waals surface area contributed by atoms with Gasteiger partial charge in [0.15, 0.2) is 0 Å². The van der Waals surface area contributed by atoms with Gasteiger partial charge >= 0.3 is 6.18 Å². The Balaban J connectivity index is 1.54. The van der Waals surface area contributed by atoms with E-state index < -0.39 is 35.1 Å². The molecule has 3 aliphatic rings. The topological polar surface area (TPSA) is 32.3 Å². The van der Waals surface area contributed by atoms with Gasteiger partial charge in [-0.3, -0.25) is 9.69 Å². The number of alkyl halides is 3.